The molecule has 1 saturated heterocycles. The second kappa shape index (κ2) is 13.0. The average Bonchev–Trinajstić information content (AvgIpc) is 2.75. The van der Waals surface area contributed by atoms with Gasteiger partial charge in [-0.05, 0) is 61.7 Å². The number of piperidine rings is 1. The minimum absolute atomic E-state index is 0.615. The van der Waals surface area contributed by atoms with Crippen LogP contribution < -0.4 is 0 Å². The third kappa shape index (κ3) is 6.15. The van der Waals surface area contributed by atoms with Crippen LogP contribution in [0.2, 0.25) is 0 Å². The van der Waals surface area contributed by atoms with Crippen molar-refractivity contribution >= 4 is 11.0 Å². The van der Waals surface area contributed by atoms with E-state index in [1.165, 1.54) is 57.9 Å². The lowest BCUT2D eigenvalue weighted by Crippen LogP contribution is -2.52. The molecule has 0 aromatic rings. The van der Waals surface area contributed by atoms with Gasteiger partial charge in [0, 0.05) is 26.2 Å². The lowest BCUT2D eigenvalue weighted by molar-refractivity contribution is 0.00976. The van der Waals surface area contributed by atoms with E-state index < -0.39 is 11.0 Å². The lowest BCUT2D eigenvalue weighted by Gasteiger charge is -2.59. The molecule has 4 atom stereocenters. The largest absolute Gasteiger partial charge is 0.260 e. The highest BCUT2D eigenvalue weighted by Crippen LogP contribution is 2.60. The van der Waals surface area contributed by atoms with Gasteiger partial charge in [-0.3, -0.25) is 8.37 Å². The van der Waals surface area contributed by atoms with Crippen LogP contribution in [0.5, 0.6) is 0 Å². The number of nitrogens with zero attached hydrogens (tertiary/aromatic N) is 2. The summed E-state index contributed by atoms with van der Waals surface area (Å²) in [6, 6.07) is 0. The standard InChI is InChI=1S/C22H44N2O2S.C3H8/c1-6-14-23(16-18(2)3)27(25-4,26-5)24-15-13-20-12-11-19-9-7-8-10-21(19)22(20)17-24;1-3-2/h18-22H,6-17H2,1-5H3;3H2,1-2H3. The number of fused-ring (bicyclic) bond motifs is 3. The van der Waals surface area contributed by atoms with Crippen molar-refractivity contribution in [2.24, 2.45) is 29.6 Å². The van der Waals surface area contributed by atoms with Crippen molar-refractivity contribution in [1.29, 1.82) is 0 Å². The molecule has 0 radical (unpaired) electrons. The lowest BCUT2D eigenvalue weighted by atomic mass is 9.60. The second-order valence-corrected chi connectivity index (χ2v) is 12.8. The fourth-order valence-corrected chi connectivity index (χ4v) is 9.15. The first-order chi connectivity index (χ1) is 14.5. The van der Waals surface area contributed by atoms with Crippen LogP contribution in [0, 0.1) is 29.6 Å². The zero-order valence-electron chi connectivity index (χ0n) is 21.2. The summed E-state index contributed by atoms with van der Waals surface area (Å²) in [7, 11) is 1.95. The molecule has 3 aliphatic rings. The van der Waals surface area contributed by atoms with Gasteiger partial charge in [-0.1, -0.05) is 71.3 Å². The minimum atomic E-state index is -1.79. The van der Waals surface area contributed by atoms with Gasteiger partial charge in [0.15, 0.2) is 0 Å². The maximum absolute atomic E-state index is 6.27. The first kappa shape index (κ1) is 26.4. The van der Waals surface area contributed by atoms with E-state index in [-0.39, 0.29) is 0 Å². The highest BCUT2D eigenvalue weighted by molar-refractivity contribution is 8.21. The van der Waals surface area contributed by atoms with Crippen molar-refractivity contribution in [1.82, 2.24) is 8.61 Å². The normalized spacial score (nSPS) is 30.4. The molecule has 1 aliphatic heterocycles. The first-order valence-electron chi connectivity index (χ1n) is 12.9. The molecule has 2 aliphatic carbocycles. The molecule has 0 amide bonds. The smallest absolute Gasteiger partial charge is 0.0634 e. The van der Waals surface area contributed by atoms with E-state index in [1.54, 1.807) is 0 Å². The summed E-state index contributed by atoms with van der Waals surface area (Å²) in [5, 5.41) is 0. The molecule has 0 bridgehead atoms. The summed E-state index contributed by atoms with van der Waals surface area (Å²) in [4.78, 5) is 0. The van der Waals surface area contributed by atoms with Gasteiger partial charge in [0.25, 0.3) is 0 Å². The number of hydrogen-bond donors (Lipinski definition) is 0. The van der Waals surface area contributed by atoms with Gasteiger partial charge in [-0.15, -0.1) is 0 Å². The quantitative estimate of drug-likeness (QED) is 0.400. The molecule has 5 heteroatoms. The predicted octanol–water partition coefficient (Wildman–Crippen LogP) is 7.07. The molecule has 0 aromatic carbocycles. The van der Waals surface area contributed by atoms with Crippen molar-refractivity contribution in [2.45, 2.75) is 92.4 Å². The molecule has 3 rings (SSSR count). The van der Waals surface area contributed by atoms with E-state index in [9.17, 15) is 0 Å². The summed E-state index contributed by atoms with van der Waals surface area (Å²) in [6.07, 6.45) is 12.5. The Morgan fingerprint density at radius 3 is 2.07 bits per heavy atom. The van der Waals surface area contributed by atoms with E-state index >= 15 is 0 Å². The van der Waals surface area contributed by atoms with E-state index in [0.717, 1.165) is 49.7 Å². The van der Waals surface area contributed by atoms with Crippen molar-refractivity contribution in [3.63, 3.8) is 0 Å². The van der Waals surface area contributed by atoms with Crippen LogP contribution in [0.4, 0.5) is 0 Å². The Morgan fingerprint density at radius 1 is 0.900 bits per heavy atom. The molecular weight excluding hydrogens is 392 g/mol. The molecule has 2 saturated carbocycles. The van der Waals surface area contributed by atoms with Crippen LogP contribution in [0.25, 0.3) is 0 Å². The van der Waals surface area contributed by atoms with Crippen LogP contribution in [0.3, 0.4) is 0 Å². The van der Waals surface area contributed by atoms with Crippen molar-refractivity contribution < 1.29 is 8.37 Å². The van der Waals surface area contributed by atoms with Gasteiger partial charge in [0.1, 0.15) is 0 Å². The second-order valence-electron chi connectivity index (χ2n) is 10.2. The van der Waals surface area contributed by atoms with Gasteiger partial charge in [-0.2, -0.15) is 8.61 Å². The Bertz CT molecular complexity index is 472. The van der Waals surface area contributed by atoms with E-state index in [0.29, 0.717) is 5.92 Å². The molecule has 1 heterocycles. The maximum atomic E-state index is 6.27. The summed E-state index contributed by atoms with van der Waals surface area (Å²) in [5.41, 5.74) is 0. The summed E-state index contributed by atoms with van der Waals surface area (Å²) < 4.78 is 17.7. The van der Waals surface area contributed by atoms with Crippen LogP contribution in [0.1, 0.15) is 92.4 Å². The molecule has 3 fully saturated rings. The van der Waals surface area contributed by atoms with E-state index in [4.69, 9.17) is 8.37 Å². The fourth-order valence-electron chi connectivity index (χ4n) is 6.25. The molecule has 4 nitrogen and oxygen atoms in total. The molecule has 4 unspecified atom stereocenters. The molecule has 180 valence electrons. The Kier molecular flexibility index (Phi) is 11.5. The minimum Gasteiger partial charge on any atom is -0.260 e. The number of rotatable bonds is 8. The highest BCUT2D eigenvalue weighted by atomic mass is 32.3. The van der Waals surface area contributed by atoms with E-state index in [2.05, 4.69) is 43.2 Å². The van der Waals surface area contributed by atoms with Gasteiger partial charge >= 0.3 is 0 Å². The van der Waals surface area contributed by atoms with Crippen LogP contribution in [-0.2, 0) is 8.37 Å². The van der Waals surface area contributed by atoms with Crippen molar-refractivity contribution in [3.8, 4) is 0 Å². The van der Waals surface area contributed by atoms with Crippen LogP contribution in [-0.4, -0.2) is 49.0 Å². The summed E-state index contributed by atoms with van der Waals surface area (Å²) in [6.45, 7) is 15.5. The average molecular weight is 445 g/mol. The topological polar surface area (TPSA) is 24.9 Å². The summed E-state index contributed by atoms with van der Waals surface area (Å²) >= 11 is 0. The fraction of sp³-hybridized carbons (Fsp3) is 1.00. The monoisotopic (exact) mass is 444 g/mol. The molecule has 0 spiro atoms. The number of hydrogen-bond acceptors (Lipinski definition) is 4. The third-order valence-corrected chi connectivity index (χ3v) is 10.2. The molecule has 0 aromatic heterocycles. The molecular formula is C25H52N2O2S. The van der Waals surface area contributed by atoms with E-state index in [1.807, 2.05) is 14.2 Å². The SMILES string of the molecule is CCC.CCCN(CC(C)C)S(OC)(OC)N1CCC2CCC3CCCCC3C2C1. The zero-order valence-corrected chi connectivity index (χ0v) is 22.0. The summed E-state index contributed by atoms with van der Waals surface area (Å²) in [5.74, 6) is 4.37. The van der Waals surface area contributed by atoms with Crippen LogP contribution in [0.15, 0.2) is 0 Å². The Hall–Kier alpha value is 0.190. The van der Waals surface area contributed by atoms with Crippen molar-refractivity contribution in [2.75, 3.05) is 40.4 Å². The van der Waals surface area contributed by atoms with Crippen molar-refractivity contribution in [3.05, 3.63) is 0 Å². The van der Waals surface area contributed by atoms with Crippen LogP contribution >= 0.6 is 11.0 Å². The molecule has 0 N–H and O–H groups in total. The Balaban J connectivity index is 0.00000101. The Labute approximate surface area is 190 Å². The van der Waals surface area contributed by atoms with Gasteiger partial charge < -0.3 is 0 Å². The van der Waals surface area contributed by atoms with Gasteiger partial charge in [0.2, 0.25) is 0 Å². The first-order valence-corrected chi connectivity index (χ1v) is 14.3. The predicted molar refractivity (Wildman–Crippen MR) is 132 cm³/mol. The Morgan fingerprint density at radius 2 is 1.50 bits per heavy atom. The zero-order chi connectivity index (χ0) is 22.1. The maximum Gasteiger partial charge on any atom is 0.0634 e. The highest BCUT2D eigenvalue weighted by Gasteiger charge is 2.46. The van der Waals surface area contributed by atoms with Gasteiger partial charge in [-0.25, -0.2) is 0 Å². The molecule has 30 heavy (non-hydrogen) atoms. The third-order valence-electron chi connectivity index (χ3n) is 7.32. The van der Waals surface area contributed by atoms with Gasteiger partial charge in [0.05, 0.1) is 14.2 Å².